The summed E-state index contributed by atoms with van der Waals surface area (Å²) in [4.78, 5) is 38.7. The van der Waals surface area contributed by atoms with Gasteiger partial charge in [0.05, 0.1) is 39.2 Å². The number of carbonyl (C=O) groups is 1. The number of imidazole rings is 2. The number of hydrogen-bond donors (Lipinski definition) is 3. The van der Waals surface area contributed by atoms with Gasteiger partial charge in [-0.05, 0) is 49.2 Å². The second kappa shape index (κ2) is 21.6. The van der Waals surface area contributed by atoms with Crippen LogP contribution in [0, 0.1) is 11.6 Å². The first-order chi connectivity index (χ1) is 31.0. The smallest absolute Gasteiger partial charge is 0.323 e. The monoisotopic (exact) mass is 898 g/mol. The number of carbonyl (C=O) groups excluding carboxylic acids is 1. The van der Waals surface area contributed by atoms with Crippen LogP contribution in [0.5, 0.6) is 0 Å². The molecule has 332 valence electrons. The summed E-state index contributed by atoms with van der Waals surface area (Å²) < 4.78 is 29.5. The molecule has 2 heterocycles. The summed E-state index contributed by atoms with van der Waals surface area (Å²) >= 11 is 2.96. The van der Waals surface area contributed by atoms with Crippen molar-refractivity contribution in [1.82, 2.24) is 24.8 Å². The minimum absolute atomic E-state index is 0.101. The first-order valence-corrected chi connectivity index (χ1v) is 23.5. The number of unbranched alkanes of at least 4 members (excludes halogenated alkanes) is 2. The van der Waals surface area contributed by atoms with Crippen molar-refractivity contribution >= 4 is 46.6 Å². The molecule has 64 heavy (non-hydrogen) atoms. The Labute approximate surface area is 384 Å². The molecular weight excluding hydrogens is 843 g/mol. The fourth-order valence-corrected chi connectivity index (χ4v) is 9.92. The van der Waals surface area contributed by atoms with Crippen LogP contribution < -0.4 is 15.1 Å². The van der Waals surface area contributed by atoms with Crippen LogP contribution >= 0.6 is 23.5 Å². The zero-order chi connectivity index (χ0) is 45.2. The van der Waals surface area contributed by atoms with Crippen LogP contribution in [0.3, 0.4) is 0 Å². The molecular formula is C51H56F2N8OS2. The van der Waals surface area contributed by atoms with Crippen molar-refractivity contribution in [2.24, 2.45) is 0 Å². The van der Waals surface area contributed by atoms with E-state index in [4.69, 9.17) is 9.97 Å². The zero-order valence-corrected chi connectivity index (χ0v) is 38.9. The van der Waals surface area contributed by atoms with Gasteiger partial charge in [-0.15, -0.1) is 0 Å². The van der Waals surface area contributed by atoms with E-state index in [1.807, 2.05) is 81.6 Å². The van der Waals surface area contributed by atoms with E-state index in [0.29, 0.717) is 23.2 Å². The predicted molar refractivity (Wildman–Crippen MR) is 263 cm³/mol. The number of anilines is 3. The lowest BCUT2D eigenvalue weighted by atomic mass is 10.0. The molecule has 5 aromatic carbocycles. The van der Waals surface area contributed by atoms with Crippen LogP contribution in [0.15, 0.2) is 138 Å². The van der Waals surface area contributed by atoms with Crippen LogP contribution in [0.2, 0.25) is 0 Å². The van der Waals surface area contributed by atoms with Gasteiger partial charge in [0.25, 0.3) is 0 Å². The normalized spacial score (nSPS) is 12.2. The Morgan fingerprint density at radius 1 is 0.609 bits per heavy atom. The molecule has 3 N–H and O–H groups in total. The SMILES string of the molecule is CCCCC(Sc1nc(-c2ccccc2)c(-c2ccccc2)[nH]1)N(C(=O)Nc1ccc(F)cc1F)C(CCCC)Sc1nc(-c2ccc(N(C)C)cc2)c(-c2ccc(N(C)C)cc2)[nH]1. The zero-order valence-electron chi connectivity index (χ0n) is 37.2. The molecule has 0 saturated carbocycles. The third-order valence-corrected chi connectivity index (χ3v) is 13.2. The Hall–Kier alpha value is -6.05. The van der Waals surface area contributed by atoms with Gasteiger partial charge < -0.3 is 25.1 Å². The summed E-state index contributed by atoms with van der Waals surface area (Å²) in [6, 6.07) is 39.5. The van der Waals surface area contributed by atoms with Gasteiger partial charge in [-0.25, -0.2) is 23.5 Å². The molecule has 0 saturated heterocycles. The Balaban J connectivity index is 1.33. The van der Waals surface area contributed by atoms with Crippen LogP contribution in [0.4, 0.5) is 30.6 Å². The van der Waals surface area contributed by atoms with E-state index >= 15 is 9.18 Å². The Morgan fingerprint density at radius 2 is 1.05 bits per heavy atom. The number of aromatic nitrogens is 4. The number of hydrogen-bond acceptors (Lipinski definition) is 7. The number of rotatable bonds is 19. The lowest BCUT2D eigenvalue weighted by Crippen LogP contribution is -2.47. The lowest BCUT2D eigenvalue weighted by Gasteiger charge is -2.37. The van der Waals surface area contributed by atoms with Crippen molar-refractivity contribution in [2.75, 3.05) is 43.3 Å². The van der Waals surface area contributed by atoms with Gasteiger partial charge in [0.2, 0.25) is 0 Å². The number of amides is 2. The standard InChI is InChI=1S/C51H56F2N8OS2/c1-7-9-21-43(63-49-55-45(34-17-13-11-14-18-34)46(56-49)35-19-15-12-16-20-35)61(51(62)54-42-32-27-38(52)33-41(42)53)44(22-10-8-2)64-50-57-47(36-23-28-39(29-24-36)59(3)4)48(58-50)37-25-30-40(31-26-37)60(5)6/h11-20,23-33,43-44H,7-10,21-22H2,1-6H3,(H,54,62)(H,55,56)(H,57,58). The first kappa shape index (κ1) is 46.0. The van der Waals surface area contributed by atoms with E-state index in [0.717, 1.165) is 94.2 Å². The summed E-state index contributed by atoms with van der Waals surface area (Å²) in [6.07, 6.45) is 4.64. The third kappa shape index (κ3) is 11.2. The molecule has 2 amide bonds. The first-order valence-electron chi connectivity index (χ1n) is 21.8. The molecule has 0 aliphatic heterocycles. The molecule has 0 fully saturated rings. The van der Waals surface area contributed by atoms with Crippen molar-refractivity contribution in [3.63, 3.8) is 0 Å². The van der Waals surface area contributed by atoms with E-state index in [9.17, 15) is 4.39 Å². The maximum atomic E-state index is 15.3. The molecule has 0 spiro atoms. The molecule has 2 unspecified atom stereocenters. The van der Waals surface area contributed by atoms with Gasteiger partial charge in [-0.2, -0.15) is 0 Å². The fourth-order valence-electron chi connectivity index (χ4n) is 7.44. The van der Waals surface area contributed by atoms with Crippen LogP contribution in [0.1, 0.15) is 52.4 Å². The highest BCUT2D eigenvalue weighted by Gasteiger charge is 2.35. The van der Waals surface area contributed by atoms with Gasteiger partial charge in [-0.3, -0.25) is 4.90 Å². The number of nitrogens with one attached hydrogen (secondary N) is 3. The number of aromatic amines is 2. The highest BCUT2D eigenvalue weighted by Crippen LogP contribution is 2.41. The van der Waals surface area contributed by atoms with Gasteiger partial charge in [0.1, 0.15) is 11.6 Å². The van der Waals surface area contributed by atoms with E-state index in [2.05, 4.69) is 99.6 Å². The van der Waals surface area contributed by atoms with Gasteiger partial charge >= 0.3 is 6.03 Å². The van der Waals surface area contributed by atoms with E-state index in [-0.39, 0.29) is 5.69 Å². The van der Waals surface area contributed by atoms with Crippen molar-refractivity contribution in [3.05, 3.63) is 139 Å². The maximum absolute atomic E-state index is 15.3. The molecule has 0 aliphatic rings. The van der Waals surface area contributed by atoms with E-state index in [1.54, 1.807) is 0 Å². The summed E-state index contributed by atoms with van der Waals surface area (Å²) in [5.74, 6) is -1.57. The van der Waals surface area contributed by atoms with Crippen molar-refractivity contribution in [2.45, 2.75) is 73.4 Å². The highest BCUT2D eigenvalue weighted by molar-refractivity contribution is 8.00. The third-order valence-electron chi connectivity index (χ3n) is 10.9. The molecule has 13 heteroatoms. The molecule has 9 nitrogen and oxygen atoms in total. The summed E-state index contributed by atoms with van der Waals surface area (Å²) in [6.45, 7) is 4.25. The largest absolute Gasteiger partial charge is 0.378 e. The van der Waals surface area contributed by atoms with Gasteiger partial charge in [0.15, 0.2) is 10.3 Å². The topological polar surface area (TPSA) is 96.2 Å². The average molecular weight is 899 g/mol. The number of nitrogens with zero attached hydrogens (tertiary/aromatic N) is 5. The van der Waals surface area contributed by atoms with Gasteiger partial charge in [0, 0.05) is 67.9 Å². The predicted octanol–water partition coefficient (Wildman–Crippen LogP) is 13.7. The van der Waals surface area contributed by atoms with Crippen molar-refractivity contribution in [1.29, 1.82) is 0 Å². The number of thioether (sulfide) groups is 2. The van der Waals surface area contributed by atoms with Crippen LogP contribution in [-0.4, -0.2) is 69.8 Å². The maximum Gasteiger partial charge on any atom is 0.323 e. The Kier molecular flexibility index (Phi) is 15.5. The number of halogens is 2. The number of urea groups is 1. The van der Waals surface area contributed by atoms with Gasteiger partial charge in [-0.1, -0.05) is 148 Å². The number of H-pyrrole nitrogens is 2. The average Bonchev–Trinajstić information content (AvgIpc) is 3.93. The molecule has 7 aromatic rings. The minimum atomic E-state index is -0.851. The lowest BCUT2D eigenvalue weighted by molar-refractivity contribution is 0.195. The van der Waals surface area contributed by atoms with Crippen molar-refractivity contribution < 1.29 is 13.6 Å². The molecule has 7 rings (SSSR count). The summed E-state index contributed by atoms with van der Waals surface area (Å²) in [5, 5.41) is 3.20. The molecule has 0 aliphatic carbocycles. The molecule has 0 radical (unpaired) electrons. The quantitative estimate of drug-likeness (QED) is 0.0549. The van der Waals surface area contributed by atoms with Crippen molar-refractivity contribution in [3.8, 4) is 45.0 Å². The van der Waals surface area contributed by atoms with Crippen LogP contribution in [0.25, 0.3) is 45.0 Å². The molecule has 0 bridgehead atoms. The molecule has 2 aromatic heterocycles. The summed E-state index contributed by atoms with van der Waals surface area (Å²) in [7, 11) is 8.06. The fraction of sp³-hybridized carbons (Fsp3) is 0.275. The Bertz CT molecular complexity index is 2460. The second-order valence-corrected chi connectivity index (χ2v) is 18.4. The number of benzene rings is 5. The highest BCUT2D eigenvalue weighted by atomic mass is 32.2. The Morgan fingerprint density at radius 3 is 1.50 bits per heavy atom. The second-order valence-electron chi connectivity index (χ2n) is 16.0. The van der Waals surface area contributed by atoms with Crippen LogP contribution in [-0.2, 0) is 0 Å². The minimum Gasteiger partial charge on any atom is -0.378 e. The molecule has 2 atom stereocenters. The summed E-state index contributed by atoms with van der Waals surface area (Å²) in [5.41, 5.74) is 9.24. The van der Waals surface area contributed by atoms with E-state index in [1.165, 1.54) is 29.6 Å². The van der Waals surface area contributed by atoms with E-state index < -0.39 is 28.4 Å².